The van der Waals surface area contributed by atoms with Gasteiger partial charge in [-0.05, 0) is 18.6 Å². The molecule has 2 N–H and O–H groups in total. The van der Waals surface area contributed by atoms with E-state index >= 15 is 0 Å². The average Bonchev–Trinajstić information content (AvgIpc) is 2.65. The number of aryl methyl sites for hydroxylation is 1. The second kappa shape index (κ2) is 6.19. The fourth-order valence-corrected chi connectivity index (χ4v) is 3.29. The maximum Gasteiger partial charge on any atom is 0.221 e. The molecule has 0 aliphatic rings. The van der Waals surface area contributed by atoms with Crippen molar-refractivity contribution in [1.82, 2.24) is 4.98 Å². The molecule has 0 saturated heterocycles. The number of hydrogen-bond acceptors (Lipinski definition) is 5. The fraction of sp³-hybridized carbons (Fsp3) is 0.357. The van der Waals surface area contributed by atoms with Gasteiger partial charge in [-0.3, -0.25) is 9.59 Å². The molecule has 0 aliphatic carbocycles. The predicted octanol–water partition coefficient (Wildman–Crippen LogP) is 2.67. The summed E-state index contributed by atoms with van der Waals surface area (Å²) in [7, 11) is 1.61. The van der Waals surface area contributed by atoms with Crippen molar-refractivity contribution >= 4 is 44.1 Å². The van der Waals surface area contributed by atoms with E-state index in [9.17, 15) is 9.59 Å². The summed E-state index contributed by atoms with van der Waals surface area (Å²) in [6.07, 6.45) is 0. The van der Waals surface area contributed by atoms with Gasteiger partial charge >= 0.3 is 0 Å². The first-order chi connectivity index (χ1) is 9.92. The van der Waals surface area contributed by atoms with Crippen molar-refractivity contribution in [1.29, 1.82) is 0 Å². The van der Waals surface area contributed by atoms with Gasteiger partial charge in [-0.15, -0.1) is 0 Å². The van der Waals surface area contributed by atoms with Crippen LogP contribution in [0.1, 0.15) is 25.1 Å². The Morgan fingerprint density at radius 2 is 1.95 bits per heavy atom. The quantitative estimate of drug-likeness (QED) is 0.910. The first kappa shape index (κ1) is 15.4. The normalized spacial score (nSPS) is 10.7. The summed E-state index contributed by atoms with van der Waals surface area (Å²) < 4.78 is 5.22. The van der Waals surface area contributed by atoms with E-state index in [1.165, 1.54) is 25.2 Å². The number of fused-ring (bicyclic) bond motifs is 1. The van der Waals surface area contributed by atoms with Gasteiger partial charge in [0.1, 0.15) is 9.83 Å². The number of aromatic nitrogens is 1. The van der Waals surface area contributed by atoms with Crippen molar-refractivity contribution in [2.24, 2.45) is 0 Å². The van der Waals surface area contributed by atoms with E-state index < -0.39 is 0 Å². The molecular formula is C14H17N3O3S. The Morgan fingerprint density at radius 1 is 1.29 bits per heavy atom. The highest BCUT2D eigenvalue weighted by Crippen LogP contribution is 2.41. The van der Waals surface area contributed by atoms with Gasteiger partial charge in [-0.25, -0.2) is 4.98 Å². The Morgan fingerprint density at radius 3 is 2.52 bits per heavy atom. The number of thiophene rings is 1. The number of rotatable bonds is 4. The molecule has 2 heterocycles. The Hall–Kier alpha value is -1.99. The predicted molar refractivity (Wildman–Crippen MR) is 83.7 cm³/mol. The summed E-state index contributed by atoms with van der Waals surface area (Å²) in [4.78, 5) is 28.0. The molecule has 0 saturated carbocycles. The minimum atomic E-state index is -0.203. The van der Waals surface area contributed by atoms with Crippen LogP contribution in [0.15, 0.2) is 6.07 Å². The van der Waals surface area contributed by atoms with Crippen molar-refractivity contribution < 1.29 is 14.3 Å². The van der Waals surface area contributed by atoms with Crippen molar-refractivity contribution in [3.63, 3.8) is 0 Å². The summed E-state index contributed by atoms with van der Waals surface area (Å²) in [5.41, 5.74) is 2.37. The van der Waals surface area contributed by atoms with Crippen LogP contribution in [0.2, 0.25) is 0 Å². The lowest BCUT2D eigenvalue weighted by molar-refractivity contribution is -0.115. The number of amides is 2. The van der Waals surface area contributed by atoms with E-state index in [2.05, 4.69) is 15.6 Å². The number of hydrogen-bond donors (Lipinski definition) is 2. The fourth-order valence-electron chi connectivity index (χ4n) is 2.13. The lowest BCUT2D eigenvalue weighted by Gasteiger charge is -2.08. The topological polar surface area (TPSA) is 80.3 Å². The van der Waals surface area contributed by atoms with Crippen LogP contribution in [0.5, 0.6) is 0 Å². The van der Waals surface area contributed by atoms with Gasteiger partial charge in [0.2, 0.25) is 11.8 Å². The average molecular weight is 307 g/mol. The van der Waals surface area contributed by atoms with Crippen LogP contribution in [-0.2, 0) is 20.9 Å². The Kier molecular flexibility index (Phi) is 4.54. The zero-order valence-electron chi connectivity index (χ0n) is 12.4. The van der Waals surface area contributed by atoms with Crippen LogP contribution >= 0.6 is 11.3 Å². The molecule has 6 nitrogen and oxygen atoms in total. The van der Waals surface area contributed by atoms with Crippen molar-refractivity contribution in [2.45, 2.75) is 27.4 Å². The van der Waals surface area contributed by atoms with E-state index in [-0.39, 0.29) is 11.8 Å². The minimum absolute atomic E-state index is 0.196. The third-order valence-electron chi connectivity index (χ3n) is 2.76. The lowest BCUT2D eigenvalue weighted by Crippen LogP contribution is -2.10. The van der Waals surface area contributed by atoms with Crippen LogP contribution in [0, 0.1) is 6.92 Å². The van der Waals surface area contributed by atoms with E-state index in [4.69, 9.17) is 4.74 Å². The summed E-state index contributed by atoms with van der Waals surface area (Å²) in [6, 6.07) is 1.92. The highest BCUT2D eigenvalue weighted by molar-refractivity contribution is 7.23. The molecule has 2 aromatic heterocycles. The SMILES string of the molecule is COCc1cc(C)nc2sc(NC(C)=O)c(NC(C)=O)c12. The van der Waals surface area contributed by atoms with E-state index in [1.807, 2.05) is 13.0 Å². The Bertz CT molecular complexity index is 709. The standard InChI is InChI=1S/C14H17N3O3S/c1-7-5-10(6-20-4)11-12(16-8(2)18)14(17-9(3)19)21-13(11)15-7/h5H,6H2,1-4H3,(H,16,18)(H,17,19). The molecule has 112 valence electrons. The third kappa shape index (κ3) is 3.37. The van der Waals surface area contributed by atoms with Crippen molar-refractivity contribution in [2.75, 3.05) is 17.7 Å². The molecule has 0 aromatic carbocycles. The highest BCUT2D eigenvalue weighted by Gasteiger charge is 2.19. The first-order valence-corrected chi connectivity index (χ1v) is 7.21. The number of ether oxygens (including phenoxy) is 1. The molecular weight excluding hydrogens is 290 g/mol. The summed E-state index contributed by atoms with van der Waals surface area (Å²) in [5, 5.41) is 6.92. The number of carbonyl (C=O) groups is 2. The van der Waals surface area contributed by atoms with Crippen LogP contribution in [0.25, 0.3) is 10.2 Å². The zero-order chi connectivity index (χ0) is 15.6. The Labute approximate surface area is 126 Å². The number of pyridine rings is 1. The van der Waals surface area contributed by atoms with Crippen LogP contribution in [0.4, 0.5) is 10.7 Å². The maximum atomic E-state index is 11.5. The monoisotopic (exact) mass is 307 g/mol. The zero-order valence-corrected chi connectivity index (χ0v) is 13.2. The second-order valence-electron chi connectivity index (χ2n) is 4.70. The second-order valence-corrected chi connectivity index (χ2v) is 5.70. The molecule has 7 heteroatoms. The summed E-state index contributed by atoms with van der Waals surface area (Å²) in [6.45, 7) is 5.16. The minimum Gasteiger partial charge on any atom is -0.380 e. The van der Waals surface area contributed by atoms with Crippen molar-refractivity contribution in [3.05, 3.63) is 17.3 Å². The number of methoxy groups -OCH3 is 1. The number of anilines is 2. The van der Waals surface area contributed by atoms with Gasteiger partial charge in [0.25, 0.3) is 0 Å². The molecule has 0 radical (unpaired) electrons. The van der Waals surface area contributed by atoms with Gasteiger partial charge in [0.05, 0.1) is 12.3 Å². The molecule has 0 fully saturated rings. The molecule has 2 rings (SSSR count). The summed E-state index contributed by atoms with van der Waals surface area (Å²) >= 11 is 1.34. The molecule has 0 aliphatic heterocycles. The molecule has 0 atom stereocenters. The van der Waals surface area contributed by atoms with E-state index in [0.717, 1.165) is 21.5 Å². The Balaban J connectivity index is 2.70. The largest absolute Gasteiger partial charge is 0.380 e. The summed E-state index contributed by atoms with van der Waals surface area (Å²) in [5.74, 6) is -0.400. The van der Waals surface area contributed by atoms with Gasteiger partial charge in [-0.1, -0.05) is 11.3 Å². The van der Waals surface area contributed by atoms with Crippen LogP contribution in [-0.4, -0.2) is 23.9 Å². The smallest absolute Gasteiger partial charge is 0.221 e. The molecule has 21 heavy (non-hydrogen) atoms. The molecule has 0 unspecified atom stereocenters. The maximum absolute atomic E-state index is 11.5. The van der Waals surface area contributed by atoms with Gasteiger partial charge in [0, 0.05) is 32.0 Å². The number of nitrogens with one attached hydrogen (secondary N) is 2. The first-order valence-electron chi connectivity index (χ1n) is 6.39. The molecule has 0 spiro atoms. The van der Waals surface area contributed by atoms with Gasteiger partial charge in [0.15, 0.2) is 0 Å². The number of carbonyl (C=O) groups excluding carboxylic acids is 2. The number of nitrogens with zero attached hydrogens (tertiary/aromatic N) is 1. The molecule has 2 amide bonds. The van der Waals surface area contributed by atoms with Crippen molar-refractivity contribution in [3.8, 4) is 0 Å². The van der Waals surface area contributed by atoms with Gasteiger partial charge in [-0.2, -0.15) is 0 Å². The van der Waals surface area contributed by atoms with E-state index in [1.54, 1.807) is 7.11 Å². The molecule has 2 aromatic rings. The van der Waals surface area contributed by atoms with Gasteiger partial charge < -0.3 is 15.4 Å². The highest BCUT2D eigenvalue weighted by atomic mass is 32.1. The third-order valence-corrected chi connectivity index (χ3v) is 3.76. The van der Waals surface area contributed by atoms with Crippen LogP contribution in [0.3, 0.4) is 0 Å². The molecule has 0 bridgehead atoms. The van der Waals surface area contributed by atoms with Crippen LogP contribution < -0.4 is 10.6 Å². The lowest BCUT2D eigenvalue weighted by atomic mass is 10.1. The van der Waals surface area contributed by atoms with E-state index in [0.29, 0.717) is 17.3 Å².